The van der Waals surface area contributed by atoms with Crippen LogP contribution in [0.5, 0.6) is 0 Å². The summed E-state index contributed by atoms with van der Waals surface area (Å²) >= 11 is 0. The minimum absolute atomic E-state index is 0. The van der Waals surface area contributed by atoms with Crippen LogP contribution in [0.15, 0.2) is 65.6 Å². The summed E-state index contributed by atoms with van der Waals surface area (Å²) in [6.45, 7) is 6.42. The predicted octanol–water partition coefficient (Wildman–Crippen LogP) is 4.43. The Morgan fingerprint density at radius 3 is 2.41 bits per heavy atom. The number of aryl methyl sites for hydroxylation is 3. The molecule has 8 heteroatoms. The lowest BCUT2D eigenvalue weighted by atomic mass is 9.99. The topological polar surface area (TPSA) is 118 Å². The summed E-state index contributed by atoms with van der Waals surface area (Å²) in [5.41, 5.74) is 11.7. The molecular formula is C26H26N4O3S. The van der Waals surface area contributed by atoms with Crippen molar-refractivity contribution in [3.05, 3.63) is 94.2 Å². The van der Waals surface area contributed by atoms with Crippen molar-refractivity contribution < 1.29 is 14.6 Å². The highest BCUT2D eigenvalue weighted by Gasteiger charge is 2.23. The van der Waals surface area contributed by atoms with Gasteiger partial charge in [-0.15, -0.1) is 0 Å². The zero-order chi connectivity index (χ0) is 24.6. The minimum Gasteiger partial charge on any atom is -0.399 e. The molecule has 0 spiro atoms. The molecule has 1 heterocycles. The number of fused-ring (bicyclic) bond motifs is 1. The van der Waals surface area contributed by atoms with Crippen molar-refractivity contribution in [2.24, 2.45) is 0 Å². The van der Waals surface area contributed by atoms with Gasteiger partial charge in [-0.2, -0.15) is 5.26 Å². The number of carbonyl (C=O) groups excluding carboxylic acids is 1. The first-order chi connectivity index (χ1) is 16.1. The molecule has 0 aliphatic heterocycles. The number of hydrogen-bond acceptors (Lipinski definition) is 5. The minimum atomic E-state index is -4.14. The molecule has 0 atom stereocenters. The standard InChI is InChI=1S/C26H24N4O3S.H2/c1-16-9-17(2)23(18(3)10-16)15-30-24-8-7-19(14-27)11-20(24)12-25(30)26(31)29-34(32,33)22-6-4-5-21(28)13-22;/h4-13H,15,28H2,1-3H3,(H,29,31);1H. The number of nitrogens with zero attached hydrogens (tertiary/aromatic N) is 2. The number of amides is 1. The number of nitriles is 1. The molecule has 0 saturated carbocycles. The van der Waals surface area contributed by atoms with Gasteiger partial charge < -0.3 is 10.3 Å². The fourth-order valence-corrected chi connectivity index (χ4v) is 5.25. The monoisotopic (exact) mass is 474 g/mol. The first-order valence-corrected chi connectivity index (χ1v) is 12.1. The summed E-state index contributed by atoms with van der Waals surface area (Å²) in [6.07, 6.45) is 0. The van der Waals surface area contributed by atoms with Crippen LogP contribution in [0.1, 0.15) is 39.7 Å². The van der Waals surface area contributed by atoms with Crippen LogP contribution in [0.25, 0.3) is 10.9 Å². The second-order valence-corrected chi connectivity index (χ2v) is 10.1. The number of rotatable bonds is 5. The Hall–Kier alpha value is -4.09. The van der Waals surface area contributed by atoms with Crippen molar-refractivity contribution in [3.63, 3.8) is 0 Å². The van der Waals surface area contributed by atoms with E-state index in [0.717, 1.165) is 27.8 Å². The average Bonchev–Trinajstić information content (AvgIpc) is 3.13. The molecule has 0 fully saturated rings. The third-order valence-corrected chi connectivity index (χ3v) is 7.14. The van der Waals surface area contributed by atoms with Gasteiger partial charge in [0.2, 0.25) is 0 Å². The third-order valence-electron chi connectivity index (χ3n) is 5.82. The van der Waals surface area contributed by atoms with Crippen LogP contribution in [-0.4, -0.2) is 18.9 Å². The van der Waals surface area contributed by atoms with E-state index in [-0.39, 0.29) is 17.7 Å². The van der Waals surface area contributed by atoms with Crippen LogP contribution in [0.3, 0.4) is 0 Å². The summed E-state index contributed by atoms with van der Waals surface area (Å²) < 4.78 is 29.7. The van der Waals surface area contributed by atoms with Crippen molar-refractivity contribution in [3.8, 4) is 6.07 Å². The van der Waals surface area contributed by atoms with Crippen LogP contribution in [0.4, 0.5) is 5.69 Å². The molecule has 34 heavy (non-hydrogen) atoms. The normalized spacial score (nSPS) is 11.4. The van der Waals surface area contributed by atoms with E-state index in [4.69, 9.17) is 5.73 Å². The molecule has 0 radical (unpaired) electrons. The van der Waals surface area contributed by atoms with Gasteiger partial charge in [-0.05, 0) is 79.9 Å². The van der Waals surface area contributed by atoms with E-state index in [1.807, 2.05) is 20.8 Å². The quantitative estimate of drug-likeness (QED) is 0.415. The molecule has 174 valence electrons. The van der Waals surface area contributed by atoms with Crippen LogP contribution >= 0.6 is 0 Å². The van der Waals surface area contributed by atoms with Crippen molar-refractivity contribution in [1.29, 1.82) is 5.26 Å². The Bertz CT molecular complexity index is 1580. The van der Waals surface area contributed by atoms with Gasteiger partial charge in [-0.25, -0.2) is 13.1 Å². The Morgan fingerprint density at radius 1 is 1.06 bits per heavy atom. The molecule has 0 aliphatic carbocycles. The highest BCUT2D eigenvalue weighted by molar-refractivity contribution is 7.90. The summed E-state index contributed by atoms with van der Waals surface area (Å²) in [5.74, 6) is -0.764. The van der Waals surface area contributed by atoms with Crippen LogP contribution in [0.2, 0.25) is 0 Å². The van der Waals surface area contributed by atoms with E-state index in [1.54, 1.807) is 34.9 Å². The van der Waals surface area contributed by atoms with Crippen molar-refractivity contribution in [2.75, 3.05) is 5.73 Å². The maximum atomic E-state index is 13.3. The van der Waals surface area contributed by atoms with Crippen molar-refractivity contribution >= 4 is 32.5 Å². The third kappa shape index (κ3) is 4.38. The fourth-order valence-electron chi connectivity index (χ4n) is 4.23. The second kappa shape index (κ2) is 8.69. The Kier molecular flexibility index (Phi) is 5.90. The van der Waals surface area contributed by atoms with Gasteiger partial charge in [0.05, 0.1) is 16.5 Å². The molecule has 4 aromatic rings. The number of nitrogens with one attached hydrogen (secondary N) is 1. The number of sulfonamides is 1. The molecule has 0 bridgehead atoms. The highest BCUT2D eigenvalue weighted by atomic mass is 32.2. The van der Waals surface area contributed by atoms with Crippen LogP contribution < -0.4 is 10.5 Å². The fraction of sp³-hybridized carbons (Fsp3) is 0.154. The van der Waals surface area contributed by atoms with E-state index in [0.29, 0.717) is 17.5 Å². The number of nitrogens with two attached hydrogens (primary N) is 1. The first-order valence-electron chi connectivity index (χ1n) is 10.6. The molecule has 0 unspecified atom stereocenters. The lowest BCUT2D eigenvalue weighted by Crippen LogP contribution is -2.32. The Morgan fingerprint density at radius 2 is 1.76 bits per heavy atom. The van der Waals surface area contributed by atoms with E-state index < -0.39 is 15.9 Å². The van der Waals surface area contributed by atoms with Crippen LogP contribution in [0, 0.1) is 32.1 Å². The molecule has 4 rings (SSSR count). The van der Waals surface area contributed by atoms with Crippen molar-refractivity contribution in [2.45, 2.75) is 32.2 Å². The Balaban J connectivity index is 0.00000342. The first kappa shape index (κ1) is 23.1. The zero-order valence-electron chi connectivity index (χ0n) is 19.1. The SMILES string of the molecule is Cc1cc(C)c(Cn2c(C(=O)NS(=O)(=O)c3cccc(N)c3)cc3cc(C#N)ccc32)c(C)c1.[HH]. The molecule has 7 nitrogen and oxygen atoms in total. The van der Waals surface area contributed by atoms with E-state index in [2.05, 4.69) is 22.9 Å². The number of aromatic nitrogens is 1. The number of carbonyl (C=O) groups is 1. The molecule has 0 aliphatic rings. The Labute approximate surface area is 200 Å². The maximum absolute atomic E-state index is 13.3. The smallest absolute Gasteiger partial charge is 0.281 e. The maximum Gasteiger partial charge on any atom is 0.281 e. The van der Waals surface area contributed by atoms with Gasteiger partial charge in [0.15, 0.2) is 0 Å². The molecule has 0 saturated heterocycles. The number of hydrogen-bond donors (Lipinski definition) is 2. The van der Waals surface area contributed by atoms with Gasteiger partial charge in [0.25, 0.3) is 15.9 Å². The number of nitrogen functional groups attached to an aromatic ring is 1. The van der Waals surface area contributed by atoms with Gasteiger partial charge >= 0.3 is 0 Å². The van der Waals surface area contributed by atoms with Gasteiger partial charge in [0.1, 0.15) is 5.69 Å². The number of anilines is 1. The predicted molar refractivity (Wildman–Crippen MR) is 134 cm³/mol. The zero-order valence-corrected chi connectivity index (χ0v) is 19.9. The molecular weight excluding hydrogens is 448 g/mol. The van der Waals surface area contributed by atoms with E-state index in [9.17, 15) is 18.5 Å². The lowest BCUT2D eigenvalue weighted by Gasteiger charge is -2.16. The molecule has 1 amide bonds. The van der Waals surface area contributed by atoms with Gasteiger partial charge in [-0.3, -0.25) is 4.79 Å². The lowest BCUT2D eigenvalue weighted by molar-refractivity contribution is 0.0973. The molecule has 3 aromatic carbocycles. The summed E-state index contributed by atoms with van der Waals surface area (Å²) in [4.78, 5) is 13.2. The van der Waals surface area contributed by atoms with E-state index >= 15 is 0 Å². The van der Waals surface area contributed by atoms with E-state index in [1.165, 1.54) is 18.2 Å². The van der Waals surface area contributed by atoms with Crippen LogP contribution in [-0.2, 0) is 16.6 Å². The second-order valence-electron chi connectivity index (χ2n) is 8.39. The van der Waals surface area contributed by atoms with Gasteiger partial charge in [-0.1, -0.05) is 23.8 Å². The summed E-state index contributed by atoms with van der Waals surface area (Å²) in [7, 11) is -4.14. The largest absolute Gasteiger partial charge is 0.399 e. The van der Waals surface area contributed by atoms with Gasteiger partial charge in [0, 0.05) is 24.6 Å². The highest BCUT2D eigenvalue weighted by Crippen LogP contribution is 2.26. The average molecular weight is 475 g/mol. The number of benzene rings is 3. The molecule has 1 aromatic heterocycles. The molecule has 3 N–H and O–H groups in total. The summed E-state index contributed by atoms with van der Waals surface area (Å²) in [6, 6.07) is 18.7. The van der Waals surface area contributed by atoms with Crippen molar-refractivity contribution in [1.82, 2.24) is 9.29 Å². The summed E-state index contributed by atoms with van der Waals surface area (Å²) in [5, 5.41) is 9.97.